The molecule has 4 rings (SSSR count). The molecule has 0 spiro atoms. The first-order valence-electron chi connectivity index (χ1n) is 11.8. The van der Waals surface area contributed by atoms with Gasteiger partial charge in [0.25, 0.3) is 0 Å². The Balaban J connectivity index is 1.37. The zero-order valence-corrected chi connectivity index (χ0v) is 17.9. The van der Waals surface area contributed by atoms with Gasteiger partial charge in [-0.25, -0.2) is 4.39 Å². The summed E-state index contributed by atoms with van der Waals surface area (Å²) in [7, 11) is 0. The second-order valence-corrected chi connectivity index (χ2v) is 10.00. The Morgan fingerprint density at radius 3 is 2.30 bits per heavy atom. The molecule has 0 aromatic heterocycles. The maximum atomic E-state index is 14.1. The van der Waals surface area contributed by atoms with Crippen molar-refractivity contribution in [3.05, 3.63) is 47.3 Å². The lowest BCUT2D eigenvalue weighted by molar-refractivity contribution is -0.140. The molecule has 3 saturated carbocycles. The summed E-state index contributed by atoms with van der Waals surface area (Å²) in [6.07, 6.45) is 12.1. The molecule has 0 bridgehead atoms. The molecule has 30 heavy (non-hydrogen) atoms. The molecular weight excluding hydrogens is 388 g/mol. The monoisotopic (exact) mass is 422 g/mol. The Morgan fingerprint density at radius 2 is 1.63 bits per heavy atom. The van der Waals surface area contributed by atoms with Crippen molar-refractivity contribution >= 4 is 0 Å². The highest BCUT2D eigenvalue weighted by Gasteiger charge is 2.44. The predicted octanol–water partition coefficient (Wildman–Crippen LogP) is 8.53. The van der Waals surface area contributed by atoms with Crippen LogP contribution in [0.2, 0.25) is 0 Å². The lowest BCUT2D eigenvalue weighted by atomic mass is 9.55. The van der Waals surface area contributed by atoms with Gasteiger partial charge in [-0.05, 0) is 118 Å². The van der Waals surface area contributed by atoms with Gasteiger partial charge in [0.05, 0.1) is 5.56 Å². The van der Waals surface area contributed by atoms with Crippen LogP contribution in [0, 0.1) is 35.4 Å². The van der Waals surface area contributed by atoms with E-state index < -0.39 is 17.6 Å². The third kappa shape index (κ3) is 4.62. The number of fused-ring (bicyclic) bond motifs is 3. The molecule has 4 heteroatoms. The fourth-order valence-electron chi connectivity index (χ4n) is 6.97. The molecule has 0 saturated heterocycles. The molecule has 166 valence electrons. The van der Waals surface area contributed by atoms with E-state index in [0.717, 1.165) is 60.6 Å². The Bertz CT molecular complexity index is 750. The molecule has 6 unspecified atom stereocenters. The van der Waals surface area contributed by atoms with Crippen molar-refractivity contribution in [2.24, 2.45) is 29.6 Å². The number of rotatable bonds is 4. The van der Waals surface area contributed by atoms with Gasteiger partial charge in [0.2, 0.25) is 0 Å². The molecule has 0 radical (unpaired) electrons. The van der Waals surface area contributed by atoms with Gasteiger partial charge >= 0.3 is 6.18 Å². The summed E-state index contributed by atoms with van der Waals surface area (Å²) in [6, 6.07) is 3.59. The molecule has 3 aliphatic rings. The minimum atomic E-state index is -4.62. The SMILES string of the molecule is C/C=C/CCC1CCC2C(CCC3CC(c4ccc(C(F)(F)F)c(F)c4)CCC32)C1. The van der Waals surface area contributed by atoms with Crippen LogP contribution >= 0.6 is 0 Å². The summed E-state index contributed by atoms with van der Waals surface area (Å²) < 4.78 is 52.7. The largest absolute Gasteiger partial charge is 0.419 e. The molecule has 6 atom stereocenters. The fraction of sp³-hybridized carbons (Fsp3) is 0.692. The minimum absolute atomic E-state index is 0.205. The first-order chi connectivity index (χ1) is 14.4. The van der Waals surface area contributed by atoms with E-state index >= 15 is 0 Å². The van der Waals surface area contributed by atoms with Crippen molar-refractivity contribution in [2.45, 2.75) is 83.2 Å². The zero-order chi connectivity index (χ0) is 21.3. The first kappa shape index (κ1) is 21.9. The van der Waals surface area contributed by atoms with Gasteiger partial charge in [0, 0.05) is 0 Å². The smallest absolute Gasteiger partial charge is 0.206 e. The minimum Gasteiger partial charge on any atom is -0.206 e. The molecule has 0 N–H and O–H groups in total. The van der Waals surface area contributed by atoms with E-state index in [0.29, 0.717) is 5.92 Å². The molecule has 0 nitrogen and oxygen atoms in total. The molecule has 0 amide bonds. The highest BCUT2D eigenvalue weighted by atomic mass is 19.4. The van der Waals surface area contributed by atoms with Crippen LogP contribution in [-0.4, -0.2) is 0 Å². The first-order valence-corrected chi connectivity index (χ1v) is 11.8. The van der Waals surface area contributed by atoms with Crippen LogP contribution in [0.4, 0.5) is 17.6 Å². The third-order valence-electron chi connectivity index (χ3n) is 8.40. The molecule has 3 fully saturated rings. The van der Waals surface area contributed by atoms with E-state index in [2.05, 4.69) is 19.1 Å². The highest BCUT2D eigenvalue weighted by molar-refractivity contribution is 5.29. The molecule has 1 aromatic carbocycles. The summed E-state index contributed by atoms with van der Waals surface area (Å²) in [5.41, 5.74) is -0.389. The number of hydrogen-bond acceptors (Lipinski definition) is 0. The molecule has 1 aromatic rings. The van der Waals surface area contributed by atoms with Gasteiger partial charge in [-0.2, -0.15) is 13.2 Å². The van der Waals surface area contributed by atoms with Crippen LogP contribution in [-0.2, 0) is 6.18 Å². The lowest BCUT2D eigenvalue weighted by Crippen LogP contribution is -2.41. The van der Waals surface area contributed by atoms with E-state index in [4.69, 9.17) is 0 Å². The van der Waals surface area contributed by atoms with E-state index in [1.165, 1.54) is 51.0 Å². The van der Waals surface area contributed by atoms with Crippen LogP contribution in [0.5, 0.6) is 0 Å². The summed E-state index contributed by atoms with van der Waals surface area (Å²) in [6.45, 7) is 2.09. The van der Waals surface area contributed by atoms with Crippen LogP contribution in [0.25, 0.3) is 0 Å². The van der Waals surface area contributed by atoms with Crippen LogP contribution in [0.15, 0.2) is 30.4 Å². The van der Waals surface area contributed by atoms with Crippen molar-refractivity contribution in [1.82, 2.24) is 0 Å². The number of benzene rings is 1. The Hall–Kier alpha value is -1.32. The van der Waals surface area contributed by atoms with E-state index in [1.54, 1.807) is 0 Å². The second kappa shape index (κ2) is 9.04. The summed E-state index contributed by atoms with van der Waals surface area (Å²) in [5, 5.41) is 0. The molecule has 0 heterocycles. The van der Waals surface area contributed by atoms with Gasteiger partial charge in [-0.1, -0.05) is 24.6 Å². The third-order valence-corrected chi connectivity index (χ3v) is 8.40. The standard InChI is InChI=1S/C26H34F4/c1-2-3-4-5-17-6-11-22-20(14-17)7-8-21-15-18(9-12-23(21)22)19-10-13-24(25(27)16-19)26(28,29)30/h2-3,10,13,16-18,20-23H,4-9,11-12,14-15H2,1H3/b3-2+. The Labute approximate surface area is 178 Å². The number of alkyl halides is 3. The fourth-order valence-corrected chi connectivity index (χ4v) is 6.97. The maximum absolute atomic E-state index is 14.1. The van der Waals surface area contributed by atoms with Crippen molar-refractivity contribution in [3.63, 3.8) is 0 Å². The zero-order valence-electron chi connectivity index (χ0n) is 17.9. The van der Waals surface area contributed by atoms with E-state index in [1.807, 2.05) is 0 Å². The van der Waals surface area contributed by atoms with Gasteiger partial charge in [-0.15, -0.1) is 0 Å². The van der Waals surface area contributed by atoms with Crippen molar-refractivity contribution in [3.8, 4) is 0 Å². The van der Waals surface area contributed by atoms with Crippen LogP contribution in [0.1, 0.15) is 88.2 Å². The van der Waals surface area contributed by atoms with Crippen LogP contribution < -0.4 is 0 Å². The number of hydrogen-bond donors (Lipinski definition) is 0. The number of halogens is 4. The summed E-state index contributed by atoms with van der Waals surface area (Å²) in [4.78, 5) is 0. The van der Waals surface area contributed by atoms with Gasteiger partial charge in [-0.3, -0.25) is 0 Å². The summed E-state index contributed by atoms with van der Waals surface area (Å²) in [5.74, 6) is 3.11. The highest BCUT2D eigenvalue weighted by Crippen LogP contribution is 2.55. The molecular formula is C26H34F4. The summed E-state index contributed by atoms with van der Waals surface area (Å²) >= 11 is 0. The lowest BCUT2D eigenvalue weighted by Gasteiger charge is -2.51. The van der Waals surface area contributed by atoms with Crippen LogP contribution in [0.3, 0.4) is 0 Å². The average Bonchev–Trinajstić information content (AvgIpc) is 2.72. The van der Waals surface area contributed by atoms with Crippen molar-refractivity contribution in [2.75, 3.05) is 0 Å². The Morgan fingerprint density at radius 1 is 0.933 bits per heavy atom. The Kier molecular flexibility index (Phi) is 6.60. The van der Waals surface area contributed by atoms with E-state index in [9.17, 15) is 17.6 Å². The molecule has 3 aliphatic carbocycles. The topological polar surface area (TPSA) is 0 Å². The van der Waals surface area contributed by atoms with Gasteiger partial charge < -0.3 is 0 Å². The van der Waals surface area contributed by atoms with E-state index in [-0.39, 0.29) is 5.92 Å². The molecule has 0 aliphatic heterocycles. The van der Waals surface area contributed by atoms with Gasteiger partial charge in [0.1, 0.15) is 5.82 Å². The quantitative estimate of drug-likeness (QED) is 0.337. The predicted molar refractivity (Wildman–Crippen MR) is 113 cm³/mol. The number of allylic oxidation sites excluding steroid dienone is 2. The van der Waals surface area contributed by atoms with Gasteiger partial charge in [0.15, 0.2) is 0 Å². The normalized spacial score (nSPS) is 34.6. The average molecular weight is 423 g/mol. The maximum Gasteiger partial charge on any atom is 0.419 e. The van der Waals surface area contributed by atoms with Crippen molar-refractivity contribution in [1.29, 1.82) is 0 Å². The second-order valence-electron chi connectivity index (χ2n) is 10.00. The van der Waals surface area contributed by atoms with Crippen molar-refractivity contribution < 1.29 is 17.6 Å².